The van der Waals surface area contributed by atoms with Gasteiger partial charge in [-0.2, -0.15) is 0 Å². The molecule has 1 aromatic rings. The zero-order valence-electron chi connectivity index (χ0n) is 10.9. The van der Waals surface area contributed by atoms with Crippen molar-refractivity contribution in [2.24, 2.45) is 0 Å². The van der Waals surface area contributed by atoms with E-state index in [1.165, 1.54) is 0 Å². The molecule has 100 valence electrons. The molecule has 1 aromatic carbocycles. The highest BCUT2D eigenvalue weighted by Gasteiger charge is 2.32. The average molecular weight is 251 g/mol. The lowest BCUT2D eigenvalue weighted by Crippen LogP contribution is -2.44. The summed E-state index contributed by atoms with van der Waals surface area (Å²) in [7, 11) is 0. The number of nitrogens with one attached hydrogen (secondary N) is 1. The molecular formula is C15H22FNO. The van der Waals surface area contributed by atoms with Gasteiger partial charge in [-0.3, -0.25) is 0 Å². The van der Waals surface area contributed by atoms with Crippen molar-refractivity contribution in [2.75, 3.05) is 6.61 Å². The maximum Gasteiger partial charge on any atom is 0.126 e. The molecule has 1 atom stereocenters. The lowest BCUT2D eigenvalue weighted by molar-refractivity contribution is 0.242. The van der Waals surface area contributed by atoms with Gasteiger partial charge < -0.3 is 10.4 Å². The zero-order chi connectivity index (χ0) is 13.0. The van der Waals surface area contributed by atoms with E-state index in [4.69, 9.17) is 5.11 Å². The van der Waals surface area contributed by atoms with E-state index in [1.807, 2.05) is 12.1 Å². The summed E-state index contributed by atoms with van der Waals surface area (Å²) in [5, 5.41) is 12.3. The standard InChI is InChI=1S/C15H22FNO/c1-11(5-4-8-18)17-13-9-12(10-13)14-6-2-3-7-15(14)16/h2-3,6-7,11-13,17-18H,4-5,8-10H2,1H3. The lowest BCUT2D eigenvalue weighted by Gasteiger charge is -2.38. The first-order valence-electron chi connectivity index (χ1n) is 6.82. The van der Waals surface area contributed by atoms with Crippen LogP contribution in [-0.4, -0.2) is 23.8 Å². The van der Waals surface area contributed by atoms with Crippen molar-refractivity contribution in [1.29, 1.82) is 0 Å². The first kappa shape index (κ1) is 13.5. The fourth-order valence-corrected chi connectivity index (χ4v) is 2.70. The number of aliphatic hydroxyl groups excluding tert-OH is 1. The molecule has 0 amide bonds. The monoisotopic (exact) mass is 251 g/mol. The first-order valence-corrected chi connectivity index (χ1v) is 6.82. The van der Waals surface area contributed by atoms with E-state index in [9.17, 15) is 4.39 Å². The summed E-state index contributed by atoms with van der Waals surface area (Å²) in [6.07, 6.45) is 3.88. The highest BCUT2D eigenvalue weighted by Crippen LogP contribution is 2.38. The van der Waals surface area contributed by atoms with E-state index in [2.05, 4.69) is 12.2 Å². The predicted octanol–water partition coefficient (Wildman–Crippen LogP) is 2.82. The largest absolute Gasteiger partial charge is 0.396 e. The number of rotatable bonds is 6. The van der Waals surface area contributed by atoms with Crippen LogP contribution in [-0.2, 0) is 0 Å². The molecule has 0 aliphatic heterocycles. The summed E-state index contributed by atoms with van der Waals surface area (Å²) < 4.78 is 13.6. The van der Waals surface area contributed by atoms with Crippen LogP contribution in [0, 0.1) is 5.82 Å². The van der Waals surface area contributed by atoms with Gasteiger partial charge in [-0.15, -0.1) is 0 Å². The second-order valence-corrected chi connectivity index (χ2v) is 5.32. The van der Waals surface area contributed by atoms with E-state index < -0.39 is 0 Å². The third-order valence-electron chi connectivity index (χ3n) is 3.80. The summed E-state index contributed by atoms with van der Waals surface area (Å²) in [5.74, 6) is 0.294. The van der Waals surface area contributed by atoms with E-state index in [0.717, 1.165) is 31.2 Å². The van der Waals surface area contributed by atoms with E-state index in [0.29, 0.717) is 18.0 Å². The van der Waals surface area contributed by atoms with Crippen molar-refractivity contribution in [1.82, 2.24) is 5.32 Å². The Labute approximate surface area is 108 Å². The highest BCUT2D eigenvalue weighted by atomic mass is 19.1. The molecule has 2 N–H and O–H groups in total. The van der Waals surface area contributed by atoms with Crippen molar-refractivity contribution < 1.29 is 9.50 Å². The van der Waals surface area contributed by atoms with Crippen LogP contribution in [0.4, 0.5) is 4.39 Å². The average Bonchev–Trinajstić information content (AvgIpc) is 2.32. The number of hydrogen-bond donors (Lipinski definition) is 2. The van der Waals surface area contributed by atoms with Crippen molar-refractivity contribution in [2.45, 2.75) is 50.6 Å². The molecule has 18 heavy (non-hydrogen) atoms. The van der Waals surface area contributed by atoms with Crippen LogP contribution in [0.15, 0.2) is 24.3 Å². The quantitative estimate of drug-likeness (QED) is 0.815. The Bertz CT molecular complexity index is 377. The zero-order valence-corrected chi connectivity index (χ0v) is 10.9. The minimum absolute atomic E-state index is 0.0747. The Morgan fingerprint density at radius 1 is 1.39 bits per heavy atom. The van der Waals surface area contributed by atoms with Crippen molar-refractivity contribution in [3.05, 3.63) is 35.6 Å². The SMILES string of the molecule is CC(CCCO)NC1CC(c2ccccc2F)C1. The van der Waals surface area contributed by atoms with Gasteiger partial charge in [0.2, 0.25) is 0 Å². The van der Waals surface area contributed by atoms with E-state index in [1.54, 1.807) is 12.1 Å². The van der Waals surface area contributed by atoms with Gasteiger partial charge in [0.1, 0.15) is 5.82 Å². The van der Waals surface area contributed by atoms with Gasteiger partial charge in [0.15, 0.2) is 0 Å². The van der Waals surface area contributed by atoms with E-state index in [-0.39, 0.29) is 12.4 Å². The maximum atomic E-state index is 13.6. The summed E-state index contributed by atoms with van der Waals surface area (Å²) in [6, 6.07) is 8.02. The van der Waals surface area contributed by atoms with E-state index >= 15 is 0 Å². The van der Waals surface area contributed by atoms with Crippen LogP contribution in [0.3, 0.4) is 0 Å². The highest BCUT2D eigenvalue weighted by molar-refractivity contribution is 5.24. The third kappa shape index (κ3) is 3.30. The first-order chi connectivity index (χ1) is 8.70. The molecule has 1 aliphatic carbocycles. The van der Waals surface area contributed by atoms with Crippen molar-refractivity contribution in [3.8, 4) is 0 Å². The molecule has 0 saturated heterocycles. The smallest absolute Gasteiger partial charge is 0.126 e. The lowest BCUT2D eigenvalue weighted by atomic mass is 9.75. The van der Waals surface area contributed by atoms with Gasteiger partial charge in [-0.05, 0) is 50.2 Å². The van der Waals surface area contributed by atoms with Gasteiger partial charge in [0.25, 0.3) is 0 Å². The Kier molecular flexibility index (Phi) is 4.72. The van der Waals surface area contributed by atoms with Gasteiger partial charge in [0.05, 0.1) is 0 Å². The van der Waals surface area contributed by atoms with Crippen LogP contribution in [0.2, 0.25) is 0 Å². The topological polar surface area (TPSA) is 32.3 Å². The van der Waals surface area contributed by atoms with Crippen LogP contribution in [0.5, 0.6) is 0 Å². The number of hydrogen-bond acceptors (Lipinski definition) is 2. The minimum atomic E-state index is -0.0747. The van der Waals surface area contributed by atoms with Gasteiger partial charge in [-0.1, -0.05) is 18.2 Å². The van der Waals surface area contributed by atoms with Crippen molar-refractivity contribution in [3.63, 3.8) is 0 Å². The number of halogens is 1. The molecule has 1 saturated carbocycles. The molecule has 1 fully saturated rings. The Morgan fingerprint density at radius 2 is 2.11 bits per heavy atom. The molecule has 0 radical (unpaired) electrons. The molecular weight excluding hydrogens is 229 g/mol. The summed E-state index contributed by atoms with van der Waals surface area (Å²) in [4.78, 5) is 0. The molecule has 1 unspecified atom stereocenters. The van der Waals surface area contributed by atoms with Crippen LogP contribution >= 0.6 is 0 Å². The van der Waals surface area contributed by atoms with Crippen LogP contribution in [0.25, 0.3) is 0 Å². The minimum Gasteiger partial charge on any atom is -0.396 e. The van der Waals surface area contributed by atoms with Crippen LogP contribution in [0.1, 0.15) is 44.1 Å². The summed E-state index contributed by atoms with van der Waals surface area (Å²) in [5.41, 5.74) is 0.860. The van der Waals surface area contributed by atoms with Gasteiger partial charge >= 0.3 is 0 Å². The van der Waals surface area contributed by atoms with Crippen molar-refractivity contribution >= 4 is 0 Å². The normalized spacial score (nSPS) is 24.6. The Balaban J connectivity index is 1.75. The Morgan fingerprint density at radius 3 is 2.78 bits per heavy atom. The fraction of sp³-hybridized carbons (Fsp3) is 0.600. The summed E-state index contributed by atoms with van der Waals surface area (Å²) in [6.45, 7) is 2.40. The predicted molar refractivity (Wildman–Crippen MR) is 71.1 cm³/mol. The summed E-state index contributed by atoms with van der Waals surface area (Å²) >= 11 is 0. The molecule has 0 bridgehead atoms. The maximum absolute atomic E-state index is 13.6. The van der Waals surface area contributed by atoms with Gasteiger partial charge in [0, 0.05) is 18.7 Å². The molecule has 2 nitrogen and oxygen atoms in total. The molecule has 0 aromatic heterocycles. The molecule has 0 spiro atoms. The second kappa shape index (κ2) is 6.30. The number of benzene rings is 1. The molecule has 0 heterocycles. The van der Waals surface area contributed by atoms with Gasteiger partial charge in [-0.25, -0.2) is 4.39 Å². The molecule has 1 aliphatic rings. The Hall–Kier alpha value is -0.930. The number of aliphatic hydroxyl groups is 1. The molecule has 2 rings (SSSR count). The second-order valence-electron chi connectivity index (χ2n) is 5.32. The van der Waals surface area contributed by atoms with Crippen LogP contribution < -0.4 is 5.32 Å². The fourth-order valence-electron chi connectivity index (χ4n) is 2.70. The third-order valence-corrected chi connectivity index (χ3v) is 3.80. The molecule has 3 heteroatoms.